The molecule has 174 valence electrons. The first-order chi connectivity index (χ1) is 13.7. The van der Waals surface area contributed by atoms with Gasteiger partial charge in [-0.25, -0.2) is 0 Å². The van der Waals surface area contributed by atoms with Crippen LogP contribution in [-0.2, 0) is 0 Å². The summed E-state index contributed by atoms with van der Waals surface area (Å²) in [5, 5.41) is 0. The van der Waals surface area contributed by atoms with Crippen molar-refractivity contribution in [2.24, 2.45) is 0 Å². The Bertz CT molecular complexity index is 406. The predicted octanol–water partition coefficient (Wildman–Crippen LogP) is 4.79. The van der Waals surface area contributed by atoms with Gasteiger partial charge < -0.3 is 0 Å². The molecule has 4 heteroatoms. The molecule has 0 N–H and O–H groups in total. The molecular weight excluding hydrogens is 356 g/mol. The fourth-order valence-corrected chi connectivity index (χ4v) is 5.02. The van der Waals surface area contributed by atoms with Gasteiger partial charge in [-0.1, -0.05) is 13.8 Å². The van der Waals surface area contributed by atoms with Crippen LogP contribution in [0.25, 0.3) is 0 Å². The summed E-state index contributed by atoms with van der Waals surface area (Å²) in [5.74, 6) is 0. The topological polar surface area (TPSA) is 13.0 Å². The monoisotopic (exact) mass is 410 g/mol. The van der Waals surface area contributed by atoms with Gasteiger partial charge in [-0.15, -0.1) is 0 Å². The van der Waals surface area contributed by atoms with Crippen LogP contribution in [0.1, 0.15) is 88.0 Å². The van der Waals surface area contributed by atoms with E-state index in [1.165, 1.54) is 71.5 Å². The van der Waals surface area contributed by atoms with Crippen molar-refractivity contribution in [2.45, 2.75) is 118 Å². The summed E-state index contributed by atoms with van der Waals surface area (Å²) in [5.41, 5.74) is 0. The van der Waals surface area contributed by atoms with Crippen LogP contribution in [0.3, 0.4) is 0 Å². The summed E-state index contributed by atoms with van der Waals surface area (Å²) in [4.78, 5) is 10.5. The molecule has 29 heavy (non-hydrogen) atoms. The van der Waals surface area contributed by atoms with Crippen molar-refractivity contribution in [3.63, 3.8) is 0 Å². The Labute approximate surface area is 184 Å². The molecule has 0 saturated carbocycles. The smallest absolute Gasteiger partial charge is 0.0115 e. The van der Waals surface area contributed by atoms with Crippen LogP contribution in [0.4, 0.5) is 0 Å². The second-order valence-corrected chi connectivity index (χ2v) is 10.1. The van der Waals surface area contributed by atoms with Crippen molar-refractivity contribution in [2.75, 3.05) is 45.8 Å². The summed E-state index contributed by atoms with van der Waals surface area (Å²) in [7, 11) is 0. The highest BCUT2D eigenvalue weighted by atomic mass is 15.3. The zero-order valence-corrected chi connectivity index (χ0v) is 21.5. The minimum Gasteiger partial charge on any atom is -0.300 e. The Morgan fingerprint density at radius 2 is 1.10 bits per heavy atom. The van der Waals surface area contributed by atoms with E-state index in [0.29, 0.717) is 18.1 Å². The molecule has 2 fully saturated rings. The molecule has 1 atom stereocenters. The predicted molar refractivity (Wildman–Crippen MR) is 130 cm³/mol. The molecule has 0 unspecified atom stereocenters. The summed E-state index contributed by atoms with van der Waals surface area (Å²) < 4.78 is 0. The molecule has 0 spiro atoms. The summed E-state index contributed by atoms with van der Waals surface area (Å²) in [6.45, 7) is 29.7. The number of hydrogen-bond acceptors (Lipinski definition) is 4. The second kappa shape index (κ2) is 14.0. The first kappa shape index (κ1) is 26.9. The molecule has 2 aliphatic rings. The molecule has 2 heterocycles. The van der Waals surface area contributed by atoms with E-state index in [0.717, 1.165) is 12.1 Å². The van der Waals surface area contributed by atoms with E-state index in [1.54, 1.807) is 0 Å². The second-order valence-electron chi connectivity index (χ2n) is 10.1. The van der Waals surface area contributed by atoms with Crippen LogP contribution in [0.5, 0.6) is 0 Å². The Kier molecular flexibility index (Phi) is 13.0. The van der Waals surface area contributed by atoms with E-state index in [9.17, 15) is 0 Å². The fourth-order valence-electron chi connectivity index (χ4n) is 5.02. The van der Waals surface area contributed by atoms with Gasteiger partial charge in [0.15, 0.2) is 0 Å². The van der Waals surface area contributed by atoms with E-state index in [-0.39, 0.29) is 0 Å². The van der Waals surface area contributed by atoms with Crippen LogP contribution < -0.4 is 0 Å². The molecule has 0 bridgehead atoms. The lowest BCUT2D eigenvalue weighted by molar-refractivity contribution is 0.166. The average Bonchev–Trinajstić information content (AvgIpc) is 3.02. The van der Waals surface area contributed by atoms with E-state index in [2.05, 4.69) is 81.9 Å². The molecule has 0 aromatic heterocycles. The van der Waals surface area contributed by atoms with Gasteiger partial charge in [-0.05, 0) is 93.8 Å². The van der Waals surface area contributed by atoms with Crippen molar-refractivity contribution in [3.05, 3.63) is 0 Å². The molecule has 4 nitrogen and oxygen atoms in total. The van der Waals surface area contributed by atoms with Crippen molar-refractivity contribution in [1.82, 2.24) is 19.6 Å². The van der Waals surface area contributed by atoms with Crippen LogP contribution in [0.15, 0.2) is 0 Å². The van der Waals surface area contributed by atoms with Gasteiger partial charge in [-0.2, -0.15) is 0 Å². The van der Waals surface area contributed by atoms with Gasteiger partial charge in [0, 0.05) is 56.4 Å². The summed E-state index contributed by atoms with van der Waals surface area (Å²) in [6.07, 6.45) is 5.27. The van der Waals surface area contributed by atoms with Gasteiger partial charge in [0.2, 0.25) is 0 Å². The summed E-state index contributed by atoms with van der Waals surface area (Å²) >= 11 is 0. The number of nitrogens with zero attached hydrogens (tertiary/aromatic N) is 4. The van der Waals surface area contributed by atoms with Crippen LogP contribution in [0.2, 0.25) is 0 Å². The van der Waals surface area contributed by atoms with Crippen molar-refractivity contribution in [1.29, 1.82) is 0 Å². The highest BCUT2D eigenvalue weighted by Gasteiger charge is 2.23. The quantitative estimate of drug-likeness (QED) is 0.624. The lowest BCUT2D eigenvalue weighted by Crippen LogP contribution is -2.40. The highest BCUT2D eigenvalue weighted by molar-refractivity contribution is 4.79. The van der Waals surface area contributed by atoms with E-state index >= 15 is 0 Å². The highest BCUT2D eigenvalue weighted by Crippen LogP contribution is 2.15. The van der Waals surface area contributed by atoms with Crippen LogP contribution >= 0.6 is 0 Å². The van der Waals surface area contributed by atoms with Gasteiger partial charge in [0.1, 0.15) is 0 Å². The molecule has 0 aromatic rings. The van der Waals surface area contributed by atoms with Gasteiger partial charge in [-0.3, -0.25) is 19.6 Å². The maximum atomic E-state index is 2.70. The Balaban J connectivity index is 0.000000291. The lowest BCUT2D eigenvalue weighted by atomic mass is 10.1. The lowest BCUT2D eigenvalue weighted by Gasteiger charge is -2.30. The SMILES string of the molecule is CC(C)N1CC[C@H](C)N(C(C)C)CC1.CCC(CC)N1CCCN(C(C)C)CC1. The van der Waals surface area contributed by atoms with E-state index < -0.39 is 0 Å². The van der Waals surface area contributed by atoms with Crippen LogP contribution in [-0.4, -0.2) is 95.6 Å². The molecule has 0 aliphatic carbocycles. The molecule has 0 radical (unpaired) electrons. The maximum Gasteiger partial charge on any atom is 0.0115 e. The molecule has 0 aromatic carbocycles. The maximum absolute atomic E-state index is 2.70. The Morgan fingerprint density at radius 3 is 1.62 bits per heavy atom. The third-order valence-corrected chi connectivity index (χ3v) is 7.19. The number of rotatable bonds is 6. The largest absolute Gasteiger partial charge is 0.300 e. The van der Waals surface area contributed by atoms with Crippen molar-refractivity contribution >= 4 is 0 Å². The third kappa shape index (κ3) is 9.25. The summed E-state index contributed by atoms with van der Waals surface area (Å²) in [6, 6.07) is 3.67. The standard InChI is InChI=1S/C13H28N2.C12H26N2/c1-5-13(6-2)15-9-7-8-14(10-11-15)12(3)4;1-10(2)13-7-6-12(5)14(9-8-13)11(3)4/h12-13H,5-11H2,1-4H3;10-12H,6-9H2,1-5H3/t;12-/m.0/s1. The molecular formula is C25H54N4. The molecule has 2 rings (SSSR count). The number of hydrogen-bond donors (Lipinski definition) is 0. The molecule has 0 amide bonds. The minimum absolute atomic E-state index is 0.692. The zero-order chi connectivity index (χ0) is 22.0. The van der Waals surface area contributed by atoms with Gasteiger partial charge >= 0.3 is 0 Å². The minimum atomic E-state index is 0.692. The van der Waals surface area contributed by atoms with E-state index in [1.807, 2.05) is 0 Å². The van der Waals surface area contributed by atoms with Gasteiger partial charge in [0.25, 0.3) is 0 Å². The van der Waals surface area contributed by atoms with Crippen molar-refractivity contribution in [3.8, 4) is 0 Å². The van der Waals surface area contributed by atoms with Crippen LogP contribution in [0, 0.1) is 0 Å². The normalized spacial score (nSPS) is 24.1. The van der Waals surface area contributed by atoms with E-state index in [4.69, 9.17) is 0 Å². The first-order valence-electron chi connectivity index (χ1n) is 12.7. The molecule has 2 aliphatic heterocycles. The van der Waals surface area contributed by atoms with Crippen molar-refractivity contribution < 1.29 is 0 Å². The Morgan fingerprint density at radius 1 is 0.621 bits per heavy atom. The fraction of sp³-hybridized carbons (Fsp3) is 1.00. The van der Waals surface area contributed by atoms with Gasteiger partial charge in [0.05, 0.1) is 0 Å². The Hall–Kier alpha value is -0.160. The average molecular weight is 411 g/mol. The third-order valence-electron chi connectivity index (χ3n) is 7.19. The zero-order valence-electron chi connectivity index (χ0n) is 21.5. The molecule has 2 saturated heterocycles. The first-order valence-corrected chi connectivity index (χ1v) is 12.7.